The average Bonchev–Trinajstić information content (AvgIpc) is 2.62. The fourth-order valence-corrected chi connectivity index (χ4v) is 2.86. The largest absolute Gasteiger partial charge is 0.382 e. The number of benzene rings is 2. The van der Waals surface area contributed by atoms with Crippen LogP contribution in [0.3, 0.4) is 0 Å². The molecule has 0 saturated carbocycles. The number of primary sulfonamides is 1. The Labute approximate surface area is 156 Å². The minimum absolute atomic E-state index is 0.00971. The van der Waals surface area contributed by atoms with Gasteiger partial charge in [0.05, 0.1) is 16.8 Å². The van der Waals surface area contributed by atoms with E-state index in [-0.39, 0.29) is 16.4 Å². The van der Waals surface area contributed by atoms with Crippen molar-refractivity contribution in [2.75, 3.05) is 11.1 Å². The standard InChI is InChI=1S/C18H17N5O3S/c1-11-2-4-12(5-3-11)15-10-21-17(19)16(23-15)18(24)22-13-6-8-14(9-7-13)27(20,25)26/h2-10H,1H3,(H2,19,21)(H,22,24)(H2,20,25,26). The van der Waals surface area contributed by atoms with E-state index in [1.54, 1.807) is 0 Å². The van der Waals surface area contributed by atoms with Gasteiger partial charge in [-0.15, -0.1) is 0 Å². The Morgan fingerprint density at radius 2 is 1.67 bits per heavy atom. The summed E-state index contributed by atoms with van der Waals surface area (Å²) in [5, 5.41) is 7.66. The highest BCUT2D eigenvalue weighted by Crippen LogP contribution is 2.20. The van der Waals surface area contributed by atoms with Crippen molar-refractivity contribution < 1.29 is 13.2 Å². The number of nitrogen functional groups attached to an aromatic ring is 1. The Morgan fingerprint density at radius 1 is 1.04 bits per heavy atom. The van der Waals surface area contributed by atoms with Crippen LogP contribution in [0, 0.1) is 6.92 Å². The maximum absolute atomic E-state index is 12.5. The maximum Gasteiger partial charge on any atom is 0.278 e. The van der Waals surface area contributed by atoms with Gasteiger partial charge < -0.3 is 11.1 Å². The predicted octanol–water partition coefficient (Wildman–Crippen LogP) is 1.93. The van der Waals surface area contributed by atoms with E-state index in [1.165, 1.54) is 30.5 Å². The number of nitrogens with one attached hydrogen (secondary N) is 1. The van der Waals surface area contributed by atoms with Crippen LogP contribution in [0.2, 0.25) is 0 Å². The number of anilines is 2. The fourth-order valence-electron chi connectivity index (χ4n) is 2.35. The normalized spacial score (nSPS) is 11.2. The first-order valence-corrected chi connectivity index (χ1v) is 9.42. The molecule has 0 unspecified atom stereocenters. The predicted molar refractivity (Wildman–Crippen MR) is 102 cm³/mol. The van der Waals surface area contributed by atoms with E-state index >= 15 is 0 Å². The number of amides is 1. The molecule has 5 N–H and O–H groups in total. The molecular weight excluding hydrogens is 366 g/mol. The second kappa shape index (κ2) is 7.14. The van der Waals surface area contributed by atoms with Gasteiger partial charge in [0.15, 0.2) is 11.5 Å². The van der Waals surface area contributed by atoms with Crippen LogP contribution in [-0.4, -0.2) is 24.3 Å². The summed E-state index contributed by atoms with van der Waals surface area (Å²) in [7, 11) is -3.80. The van der Waals surface area contributed by atoms with Gasteiger partial charge in [-0.1, -0.05) is 29.8 Å². The second-order valence-corrected chi connectivity index (χ2v) is 7.44. The number of sulfonamides is 1. The Hall–Kier alpha value is -3.30. The van der Waals surface area contributed by atoms with Crippen molar-refractivity contribution in [1.29, 1.82) is 0 Å². The van der Waals surface area contributed by atoms with Gasteiger partial charge in [0.1, 0.15) is 0 Å². The molecule has 3 rings (SSSR count). The molecule has 8 nitrogen and oxygen atoms in total. The topological polar surface area (TPSA) is 141 Å². The second-order valence-electron chi connectivity index (χ2n) is 5.88. The summed E-state index contributed by atoms with van der Waals surface area (Å²) < 4.78 is 22.6. The SMILES string of the molecule is Cc1ccc(-c2cnc(N)c(C(=O)Nc3ccc(S(N)(=O)=O)cc3)n2)cc1. The van der Waals surface area contributed by atoms with Crippen LogP contribution < -0.4 is 16.2 Å². The van der Waals surface area contributed by atoms with E-state index in [0.29, 0.717) is 11.4 Å². The Kier molecular flexibility index (Phi) is 4.89. The third kappa shape index (κ3) is 4.27. The molecule has 3 aromatic rings. The summed E-state index contributed by atoms with van der Waals surface area (Å²) in [6, 6.07) is 13.0. The van der Waals surface area contributed by atoms with Crippen LogP contribution in [0.25, 0.3) is 11.3 Å². The van der Waals surface area contributed by atoms with Crippen molar-refractivity contribution in [3.05, 3.63) is 66.0 Å². The van der Waals surface area contributed by atoms with Gasteiger partial charge in [-0.2, -0.15) is 0 Å². The summed E-state index contributed by atoms with van der Waals surface area (Å²) >= 11 is 0. The van der Waals surface area contributed by atoms with E-state index in [9.17, 15) is 13.2 Å². The van der Waals surface area contributed by atoms with Gasteiger partial charge in [-0.25, -0.2) is 23.5 Å². The highest BCUT2D eigenvalue weighted by atomic mass is 32.2. The van der Waals surface area contributed by atoms with Crippen LogP contribution >= 0.6 is 0 Å². The molecule has 0 aliphatic heterocycles. The third-order valence-electron chi connectivity index (χ3n) is 3.80. The Morgan fingerprint density at radius 3 is 2.26 bits per heavy atom. The fraction of sp³-hybridized carbons (Fsp3) is 0.0556. The first-order valence-electron chi connectivity index (χ1n) is 7.88. The molecule has 1 aromatic heterocycles. The van der Waals surface area contributed by atoms with Gasteiger partial charge >= 0.3 is 0 Å². The molecule has 0 fully saturated rings. The van der Waals surface area contributed by atoms with Crippen LogP contribution in [0.4, 0.5) is 11.5 Å². The number of nitrogens with two attached hydrogens (primary N) is 2. The average molecular weight is 383 g/mol. The molecule has 1 amide bonds. The molecule has 138 valence electrons. The van der Waals surface area contributed by atoms with E-state index in [0.717, 1.165) is 11.1 Å². The molecule has 0 saturated heterocycles. The van der Waals surface area contributed by atoms with E-state index in [2.05, 4.69) is 15.3 Å². The van der Waals surface area contributed by atoms with Gasteiger partial charge in [-0.3, -0.25) is 4.79 Å². The van der Waals surface area contributed by atoms with Gasteiger partial charge in [0, 0.05) is 11.3 Å². The monoisotopic (exact) mass is 383 g/mol. The van der Waals surface area contributed by atoms with E-state index in [4.69, 9.17) is 10.9 Å². The van der Waals surface area contributed by atoms with Gasteiger partial charge in [0.25, 0.3) is 5.91 Å². The number of aromatic nitrogens is 2. The molecule has 27 heavy (non-hydrogen) atoms. The lowest BCUT2D eigenvalue weighted by atomic mass is 10.1. The van der Waals surface area contributed by atoms with Crippen LogP contribution in [0.5, 0.6) is 0 Å². The number of hydrogen-bond donors (Lipinski definition) is 3. The smallest absolute Gasteiger partial charge is 0.278 e. The molecule has 2 aromatic carbocycles. The summed E-state index contributed by atoms with van der Waals surface area (Å²) in [6.07, 6.45) is 1.50. The first kappa shape index (κ1) is 18.5. The molecule has 0 radical (unpaired) electrons. The van der Waals surface area contributed by atoms with Crippen molar-refractivity contribution in [2.45, 2.75) is 11.8 Å². The highest BCUT2D eigenvalue weighted by Gasteiger charge is 2.15. The summed E-state index contributed by atoms with van der Waals surface area (Å²) in [4.78, 5) is 20.8. The van der Waals surface area contributed by atoms with Crippen molar-refractivity contribution in [1.82, 2.24) is 9.97 Å². The quantitative estimate of drug-likeness (QED) is 0.628. The van der Waals surface area contributed by atoms with Crippen LogP contribution in [-0.2, 0) is 10.0 Å². The number of aryl methyl sites for hydroxylation is 1. The van der Waals surface area contributed by atoms with Gasteiger partial charge in [0.2, 0.25) is 10.0 Å². The van der Waals surface area contributed by atoms with Crippen molar-refractivity contribution in [3.63, 3.8) is 0 Å². The van der Waals surface area contributed by atoms with Crippen molar-refractivity contribution in [3.8, 4) is 11.3 Å². The number of carbonyl (C=O) groups is 1. The van der Waals surface area contributed by atoms with Crippen molar-refractivity contribution in [2.24, 2.45) is 5.14 Å². The molecule has 0 aliphatic carbocycles. The third-order valence-corrected chi connectivity index (χ3v) is 4.73. The zero-order valence-corrected chi connectivity index (χ0v) is 15.2. The van der Waals surface area contributed by atoms with Crippen molar-refractivity contribution >= 4 is 27.4 Å². The molecule has 1 heterocycles. The Balaban J connectivity index is 1.86. The molecular formula is C18H17N5O3S. The zero-order chi connectivity index (χ0) is 19.6. The maximum atomic E-state index is 12.5. The molecule has 9 heteroatoms. The summed E-state index contributed by atoms with van der Waals surface area (Å²) in [5.74, 6) is -0.568. The number of carbonyl (C=O) groups excluding carboxylic acids is 1. The molecule has 0 atom stereocenters. The van der Waals surface area contributed by atoms with Gasteiger partial charge in [-0.05, 0) is 31.2 Å². The lowest BCUT2D eigenvalue weighted by Crippen LogP contribution is -2.17. The summed E-state index contributed by atoms with van der Waals surface area (Å²) in [6.45, 7) is 1.97. The lowest BCUT2D eigenvalue weighted by Gasteiger charge is -2.09. The minimum Gasteiger partial charge on any atom is -0.382 e. The highest BCUT2D eigenvalue weighted by molar-refractivity contribution is 7.89. The molecule has 0 aliphatic rings. The number of rotatable bonds is 4. The molecule has 0 bridgehead atoms. The van der Waals surface area contributed by atoms with E-state index < -0.39 is 15.9 Å². The summed E-state index contributed by atoms with van der Waals surface area (Å²) in [5.41, 5.74) is 8.56. The van der Waals surface area contributed by atoms with Crippen LogP contribution in [0.1, 0.15) is 16.1 Å². The van der Waals surface area contributed by atoms with Crippen LogP contribution in [0.15, 0.2) is 59.6 Å². The minimum atomic E-state index is -3.80. The first-order chi connectivity index (χ1) is 12.7. The van der Waals surface area contributed by atoms with E-state index in [1.807, 2.05) is 31.2 Å². The lowest BCUT2D eigenvalue weighted by molar-refractivity contribution is 0.102. The number of hydrogen-bond acceptors (Lipinski definition) is 6. The number of nitrogens with zero attached hydrogens (tertiary/aromatic N) is 2. The molecule has 0 spiro atoms. The Bertz CT molecular complexity index is 1090. The zero-order valence-electron chi connectivity index (χ0n) is 14.4.